The Morgan fingerprint density at radius 3 is 2.50 bits per heavy atom. The predicted octanol–water partition coefficient (Wildman–Crippen LogP) is 3.15. The Kier molecular flexibility index (Phi) is 4.76. The third kappa shape index (κ3) is 3.80. The molecule has 118 valence electrons. The van der Waals surface area contributed by atoms with Crippen molar-refractivity contribution in [1.29, 1.82) is 0 Å². The molecule has 0 atom stereocenters. The highest BCUT2D eigenvalue weighted by molar-refractivity contribution is 6.30. The molecule has 2 N–H and O–H groups in total. The lowest BCUT2D eigenvalue weighted by Gasteiger charge is -2.25. The summed E-state index contributed by atoms with van der Waals surface area (Å²) in [7, 11) is 0. The molecule has 6 heteroatoms. The minimum absolute atomic E-state index is 0.192. The van der Waals surface area contributed by atoms with Gasteiger partial charge in [-0.1, -0.05) is 11.6 Å². The Balaban J connectivity index is 1.99. The van der Waals surface area contributed by atoms with Crippen molar-refractivity contribution in [1.82, 2.24) is 15.5 Å². The van der Waals surface area contributed by atoms with Crippen LogP contribution in [-0.2, 0) is 11.3 Å². The number of benzene rings is 1. The second-order valence-corrected chi connectivity index (χ2v) is 6.10. The molecule has 1 aromatic heterocycles. The number of rotatable bonds is 5. The van der Waals surface area contributed by atoms with Crippen LogP contribution in [0.4, 0.5) is 0 Å². The van der Waals surface area contributed by atoms with Crippen LogP contribution in [-0.4, -0.2) is 21.7 Å². The first-order valence-corrected chi connectivity index (χ1v) is 7.41. The first-order valence-electron chi connectivity index (χ1n) is 7.03. The fraction of sp³-hybridized carbons (Fsp3) is 0.375. The summed E-state index contributed by atoms with van der Waals surface area (Å²) < 4.78 is 5.75. The van der Waals surface area contributed by atoms with Gasteiger partial charge in [0.25, 0.3) is 5.91 Å². The zero-order valence-electron chi connectivity index (χ0n) is 13.2. The maximum atomic E-state index is 12.4. The summed E-state index contributed by atoms with van der Waals surface area (Å²) in [4.78, 5) is 12.4. The fourth-order valence-electron chi connectivity index (χ4n) is 2.06. The van der Waals surface area contributed by atoms with E-state index in [1.165, 1.54) is 0 Å². The predicted molar refractivity (Wildman–Crippen MR) is 86.1 cm³/mol. The molecule has 0 bridgehead atoms. The topological polar surface area (TPSA) is 67.0 Å². The van der Waals surface area contributed by atoms with Crippen LogP contribution in [0, 0.1) is 13.8 Å². The van der Waals surface area contributed by atoms with Crippen LogP contribution in [0.1, 0.15) is 30.8 Å². The summed E-state index contributed by atoms with van der Waals surface area (Å²) in [5.74, 6) is 0.405. The van der Waals surface area contributed by atoms with E-state index in [1.54, 1.807) is 38.1 Å². The average Bonchev–Trinajstić information content (AvgIpc) is 2.78. The summed E-state index contributed by atoms with van der Waals surface area (Å²) >= 11 is 5.84. The molecule has 2 rings (SSSR count). The Labute approximate surface area is 135 Å². The minimum Gasteiger partial charge on any atom is -0.478 e. The Morgan fingerprint density at radius 2 is 1.95 bits per heavy atom. The molecule has 22 heavy (non-hydrogen) atoms. The number of halogens is 1. The fourth-order valence-corrected chi connectivity index (χ4v) is 2.19. The SMILES string of the molecule is Cc1n[nH]c(C)c1CNC(=O)C(C)(C)Oc1ccc(Cl)cc1. The molecule has 0 saturated carbocycles. The van der Waals surface area contributed by atoms with E-state index >= 15 is 0 Å². The third-order valence-electron chi connectivity index (χ3n) is 3.44. The lowest BCUT2D eigenvalue weighted by Crippen LogP contribution is -2.46. The Morgan fingerprint density at radius 1 is 1.32 bits per heavy atom. The van der Waals surface area contributed by atoms with Gasteiger partial charge < -0.3 is 10.1 Å². The quantitative estimate of drug-likeness (QED) is 0.889. The van der Waals surface area contributed by atoms with E-state index in [2.05, 4.69) is 15.5 Å². The van der Waals surface area contributed by atoms with E-state index in [-0.39, 0.29) is 5.91 Å². The number of nitrogens with zero attached hydrogens (tertiary/aromatic N) is 1. The van der Waals surface area contributed by atoms with Crippen molar-refractivity contribution >= 4 is 17.5 Å². The molecule has 5 nitrogen and oxygen atoms in total. The molecule has 0 radical (unpaired) electrons. The molecule has 0 fully saturated rings. The number of ether oxygens (including phenoxy) is 1. The maximum Gasteiger partial charge on any atom is 0.263 e. The summed E-state index contributed by atoms with van der Waals surface area (Å²) in [5.41, 5.74) is 1.85. The van der Waals surface area contributed by atoms with Crippen LogP contribution < -0.4 is 10.1 Å². The van der Waals surface area contributed by atoms with Crippen molar-refractivity contribution in [3.63, 3.8) is 0 Å². The number of H-pyrrole nitrogens is 1. The highest BCUT2D eigenvalue weighted by Crippen LogP contribution is 2.21. The number of hydrogen-bond acceptors (Lipinski definition) is 3. The van der Waals surface area contributed by atoms with Crippen LogP contribution in [0.5, 0.6) is 5.75 Å². The van der Waals surface area contributed by atoms with Gasteiger partial charge in [-0.15, -0.1) is 0 Å². The van der Waals surface area contributed by atoms with Crippen LogP contribution in [0.2, 0.25) is 5.02 Å². The summed E-state index contributed by atoms with van der Waals surface area (Å²) in [6.07, 6.45) is 0. The molecule has 0 aliphatic carbocycles. The van der Waals surface area contributed by atoms with Crippen molar-refractivity contribution in [2.24, 2.45) is 0 Å². The molecule has 0 spiro atoms. The molecule has 0 aliphatic heterocycles. The van der Waals surface area contributed by atoms with Gasteiger partial charge in [-0.3, -0.25) is 9.89 Å². The van der Waals surface area contributed by atoms with E-state index in [1.807, 2.05) is 13.8 Å². The molecule has 2 aromatic rings. The minimum atomic E-state index is -0.987. The van der Waals surface area contributed by atoms with Gasteiger partial charge in [0.05, 0.1) is 5.69 Å². The lowest BCUT2D eigenvalue weighted by molar-refractivity contribution is -0.134. The number of carbonyl (C=O) groups excluding carboxylic acids is 1. The number of hydrogen-bond donors (Lipinski definition) is 2. The van der Waals surface area contributed by atoms with Gasteiger partial charge in [-0.25, -0.2) is 0 Å². The standard InChI is InChI=1S/C16H20ClN3O2/c1-10-14(11(2)20-19-10)9-18-15(21)16(3,4)22-13-7-5-12(17)6-8-13/h5-8H,9H2,1-4H3,(H,18,21)(H,19,20). The van der Waals surface area contributed by atoms with Gasteiger partial charge in [0.2, 0.25) is 0 Å². The molecule has 1 aromatic carbocycles. The molecular weight excluding hydrogens is 302 g/mol. The molecule has 0 unspecified atom stereocenters. The van der Waals surface area contributed by atoms with E-state index in [4.69, 9.17) is 16.3 Å². The normalized spacial score (nSPS) is 11.3. The first-order chi connectivity index (χ1) is 10.3. The van der Waals surface area contributed by atoms with Gasteiger partial charge in [-0.2, -0.15) is 5.10 Å². The van der Waals surface area contributed by atoms with Crippen molar-refractivity contribution in [3.8, 4) is 5.75 Å². The van der Waals surface area contributed by atoms with E-state index in [0.29, 0.717) is 17.3 Å². The summed E-state index contributed by atoms with van der Waals surface area (Å²) in [6.45, 7) is 7.70. The average molecular weight is 322 g/mol. The van der Waals surface area contributed by atoms with E-state index in [9.17, 15) is 4.79 Å². The monoisotopic (exact) mass is 321 g/mol. The van der Waals surface area contributed by atoms with Crippen molar-refractivity contribution < 1.29 is 9.53 Å². The number of aromatic amines is 1. The van der Waals surface area contributed by atoms with Crippen LogP contribution in [0.25, 0.3) is 0 Å². The van der Waals surface area contributed by atoms with Gasteiger partial charge in [0.1, 0.15) is 5.75 Å². The van der Waals surface area contributed by atoms with E-state index < -0.39 is 5.60 Å². The Bertz CT molecular complexity index is 643. The molecule has 0 aliphatic rings. The number of aryl methyl sites for hydroxylation is 2. The van der Waals surface area contributed by atoms with Crippen LogP contribution in [0.3, 0.4) is 0 Å². The van der Waals surface area contributed by atoms with Gasteiger partial charge in [0, 0.05) is 22.8 Å². The highest BCUT2D eigenvalue weighted by Gasteiger charge is 2.30. The van der Waals surface area contributed by atoms with Gasteiger partial charge >= 0.3 is 0 Å². The second kappa shape index (κ2) is 6.40. The molecule has 0 saturated heterocycles. The molecule has 1 amide bonds. The van der Waals surface area contributed by atoms with Crippen molar-refractivity contribution in [3.05, 3.63) is 46.2 Å². The highest BCUT2D eigenvalue weighted by atomic mass is 35.5. The van der Waals surface area contributed by atoms with Gasteiger partial charge in [0.15, 0.2) is 5.60 Å². The smallest absolute Gasteiger partial charge is 0.263 e. The number of carbonyl (C=O) groups is 1. The van der Waals surface area contributed by atoms with E-state index in [0.717, 1.165) is 17.0 Å². The molecular formula is C16H20ClN3O2. The van der Waals surface area contributed by atoms with Crippen molar-refractivity contribution in [2.75, 3.05) is 0 Å². The van der Waals surface area contributed by atoms with Crippen LogP contribution in [0.15, 0.2) is 24.3 Å². The zero-order chi connectivity index (χ0) is 16.3. The van der Waals surface area contributed by atoms with Gasteiger partial charge in [-0.05, 0) is 52.0 Å². The number of amides is 1. The Hall–Kier alpha value is -2.01. The maximum absolute atomic E-state index is 12.4. The third-order valence-corrected chi connectivity index (χ3v) is 3.69. The molecule has 1 heterocycles. The largest absolute Gasteiger partial charge is 0.478 e. The summed E-state index contributed by atoms with van der Waals surface area (Å²) in [5, 5.41) is 10.5. The van der Waals surface area contributed by atoms with Crippen LogP contribution >= 0.6 is 11.6 Å². The first kappa shape index (κ1) is 16.4. The van der Waals surface area contributed by atoms with Crippen molar-refractivity contribution in [2.45, 2.75) is 39.8 Å². The number of aromatic nitrogens is 2. The summed E-state index contributed by atoms with van der Waals surface area (Å²) in [6, 6.07) is 6.93. The second-order valence-electron chi connectivity index (χ2n) is 5.66. The number of nitrogens with one attached hydrogen (secondary N) is 2. The lowest BCUT2D eigenvalue weighted by atomic mass is 10.1. The zero-order valence-corrected chi connectivity index (χ0v) is 13.9.